The first-order valence-corrected chi connectivity index (χ1v) is 8.47. The van der Waals surface area contributed by atoms with Crippen molar-refractivity contribution in [3.8, 4) is 11.8 Å². The number of fused-ring (bicyclic) bond motifs is 1. The topological polar surface area (TPSA) is 81.1 Å². The van der Waals surface area contributed by atoms with Gasteiger partial charge in [0, 0.05) is 6.54 Å². The minimum absolute atomic E-state index is 0.224. The number of nitrogens with zero attached hydrogens (tertiary/aromatic N) is 1. The highest BCUT2D eigenvalue weighted by Crippen LogP contribution is 2.32. The number of nitriles is 1. The monoisotopic (exact) mass is 413 g/mol. The SMILES string of the molecule is CCCCNCC(O)COc1cccc2[nH]c(C#N)c(I)c12. The van der Waals surface area contributed by atoms with Gasteiger partial charge in [-0.1, -0.05) is 19.4 Å². The molecule has 0 saturated heterocycles. The number of halogens is 1. The lowest BCUT2D eigenvalue weighted by atomic mass is 10.2. The van der Waals surface area contributed by atoms with Gasteiger partial charge in [0.2, 0.25) is 0 Å². The zero-order valence-electron chi connectivity index (χ0n) is 12.5. The molecule has 1 heterocycles. The third kappa shape index (κ3) is 4.12. The van der Waals surface area contributed by atoms with E-state index in [-0.39, 0.29) is 6.61 Å². The number of aromatic amines is 1. The quantitative estimate of drug-likeness (QED) is 0.459. The van der Waals surface area contributed by atoms with E-state index in [2.05, 4.69) is 45.9 Å². The highest BCUT2D eigenvalue weighted by molar-refractivity contribution is 14.1. The van der Waals surface area contributed by atoms with E-state index >= 15 is 0 Å². The number of hydrogen-bond acceptors (Lipinski definition) is 4. The van der Waals surface area contributed by atoms with Gasteiger partial charge in [0.15, 0.2) is 0 Å². The van der Waals surface area contributed by atoms with Crippen molar-refractivity contribution in [2.75, 3.05) is 19.7 Å². The Balaban J connectivity index is 2.00. The summed E-state index contributed by atoms with van der Waals surface area (Å²) in [6.07, 6.45) is 1.68. The summed E-state index contributed by atoms with van der Waals surface area (Å²) in [5, 5.41) is 23.1. The van der Waals surface area contributed by atoms with E-state index < -0.39 is 6.10 Å². The van der Waals surface area contributed by atoms with E-state index in [0.717, 1.165) is 33.9 Å². The fourth-order valence-corrected chi connectivity index (χ4v) is 3.00. The van der Waals surface area contributed by atoms with Crippen molar-refractivity contribution in [3.05, 3.63) is 27.5 Å². The maximum absolute atomic E-state index is 9.95. The summed E-state index contributed by atoms with van der Waals surface area (Å²) in [4.78, 5) is 3.07. The Hall–Kier alpha value is -1.30. The van der Waals surface area contributed by atoms with Crippen molar-refractivity contribution in [1.29, 1.82) is 5.26 Å². The second-order valence-electron chi connectivity index (χ2n) is 5.13. The van der Waals surface area contributed by atoms with Crippen LogP contribution in [0.25, 0.3) is 10.9 Å². The van der Waals surface area contributed by atoms with Gasteiger partial charge in [-0.25, -0.2) is 0 Å². The molecule has 0 spiro atoms. The third-order valence-electron chi connectivity index (χ3n) is 3.35. The summed E-state index contributed by atoms with van der Waals surface area (Å²) in [6, 6.07) is 7.78. The van der Waals surface area contributed by atoms with Gasteiger partial charge in [-0.3, -0.25) is 0 Å². The van der Waals surface area contributed by atoms with Crippen LogP contribution >= 0.6 is 22.6 Å². The van der Waals surface area contributed by atoms with Gasteiger partial charge in [-0.2, -0.15) is 5.26 Å². The molecule has 118 valence electrons. The highest BCUT2D eigenvalue weighted by atomic mass is 127. The number of H-pyrrole nitrogens is 1. The molecule has 1 unspecified atom stereocenters. The molecule has 6 heteroatoms. The number of rotatable bonds is 8. The third-order valence-corrected chi connectivity index (χ3v) is 4.43. The summed E-state index contributed by atoms with van der Waals surface area (Å²) in [5.41, 5.74) is 1.41. The molecule has 2 rings (SSSR count). The van der Waals surface area contributed by atoms with Gasteiger partial charge in [-0.05, 0) is 47.7 Å². The van der Waals surface area contributed by atoms with Crippen LogP contribution in [-0.2, 0) is 0 Å². The maximum atomic E-state index is 9.95. The fourth-order valence-electron chi connectivity index (χ4n) is 2.19. The molecule has 0 saturated carbocycles. The molecule has 0 fully saturated rings. The second kappa shape index (κ2) is 8.36. The Labute approximate surface area is 143 Å². The van der Waals surface area contributed by atoms with Crippen LogP contribution in [0, 0.1) is 14.9 Å². The predicted octanol–water partition coefficient (Wildman–Crippen LogP) is 2.77. The van der Waals surface area contributed by atoms with Crippen molar-refractivity contribution in [2.45, 2.75) is 25.9 Å². The predicted molar refractivity (Wildman–Crippen MR) is 95.0 cm³/mol. The number of nitrogens with one attached hydrogen (secondary N) is 2. The van der Waals surface area contributed by atoms with Crippen LogP contribution in [0.15, 0.2) is 18.2 Å². The van der Waals surface area contributed by atoms with Gasteiger partial charge in [0.1, 0.15) is 30.2 Å². The first-order valence-electron chi connectivity index (χ1n) is 7.39. The second-order valence-corrected chi connectivity index (χ2v) is 6.21. The average molecular weight is 413 g/mol. The van der Waals surface area contributed by atoms with Gasteiger partial charge < -0.3 is 20.1 Å². The lowest BCUT2D eigenvalue weighted by Gasteiger charge is -2.14. The molecule has 2 aromatic rings. The normalized spacial score (nSPS) is 12.3. The van der Waals surface area contributed by atoms with Crippen LogP contribution in [-0.4, -0.2) is 35.9 Å². The minimum Gasteiger partial charge on any atom is -0.490 e. The first kappa shape index (κ1) is 17.1. The van der Waals surface area contributed by atoms with E-state index in [1.54, 1.807) is 0 Å². The summed E-state index contributed by atoms with van der Waals surface area (Å²) in [7, 11) is 0. The van der Waals surface area contributed by atoms with Gasteiger partial charge in [0.05, 0.1) is 14.5 Å². The van der Waals surface area contributed by atoms with Crippen LogP contribution in [0.5, 0.6) is 5.75 Å². The van der Waals surface area contributed by atoms with Crippen molar-refractivity contribution in [2.24, 2.45) is 0 Å². The average Bonchev–Trinajstić information content (AvgIpc) is 2.86. The molecular formula is C16H20IN3O2. The molecule has 0 radical (unpaired) electrons. The number of aliphatic hydroxyl groups is 1. The summed E-state index contributed by atoms with van der Waals surface area (Å²) >= 11 is 2.14. The summed E-state index contributed by atoms with van der Waals surface area (Å²) < 4.78 is 6.60. The smallest absolute Gasteiger partial charge is 0.132 e. The van der Waals surface area contributed by atoms with Crippen LogP contribution in [0.4, 0.5) is 0 Å². The zero-order valence-corrected chi connectivity index (χ0v) is 14.7. The number of benzene rings is 1. The molecule has 1 atom stereocenters. The standard InChI is InChI=1S/C16H20IN3O2/c1-2-3-7-19-9-11(21)10-22-14-6-4-5-12-15(14)16(17)13(8-18)20-12/h4-6,11,19-21H,2-3,7,9-10H2,1H3. The molecule has 1 aromatic carbocycles. The van der Waals surface area contributed by atoms with Crippen molar-refractivity contribution >= 4 is 33.5 Å². The lowest BCUT2D eigenvalue weighted by molar-refractivity contribution is 0.107. The number of hydrogen-bond donors (Lipinski definition) is 3. The van der Waals surface area contributed by atoms with E-state index in [1.807, 2.05) is 18.2 Å². The molecule has 0 amide bonds. The lowest BCUT2D eigenvalue weighted by Crippen LogP contribution is -2.32. The largest absolute Gasteiger partial charge is 0.490 e. The maximum Gasteiger partial charge on any atom is 0.132 e. The molecule has 5 nitrogen and oxygen atoms in total. The van der Waals surface area contributed by atoms with E-state index in [9.17, 15) is 5.11 Å². The summed E-state index contributed by atoms with van der Waals surface area (Å²) in [6.45, 7) is 3.78. The first-order chi connectivity index (χ1) is 10.7. The van der Waals surface area contributed by atoms with Crippen LogP contribution in [0.3, 0.4) is 0 Å². The summed E-state index contributed by atoms with van der Waals surface area (Å²) in [5.74, 6) is 0.687. The number of aromatic nitrogens is 1. The van der Waals surface area contributed by atoms with E-state index in [4.69, 9.17) is 10.00 Å². The number of aliphatic hydroxyl groups excluding tert-OH is 1. The Kier molecular flexibility index (Phi) is 6.49. The molecule has 0 aliphatic rings. The van der Waals surface area contributed by atoms with Gasteiger partial charge in [-0.15, -0.1) is 0 Å². The van der Waals surface area contributed by atoms with Crippen LogP contribution in [0.2, 0.25) is 0 Å². The minimum atomic E-state index is -0.556. The molecular weight excluding hydrogens is 393 g/mol. The highest BCUT2D eigenvalue weighted by Gasteiger charge is 2.14. The fraction of sp³-hybridized carbons (Fsp3) is 0.438. The Morgan fingerprint density at radius 3 is 3.05 bits per heavy atom. The number of unbranched alkanes of at least 4 members (excludes halogenated alkanes) is 1. The Morgan fingerprint density at radius 2 is 2.32 bits per heavy atom. The molecule has 3 N–H and O–H groups in total. The number of ether oxygens (including phenoxy) is 1. The Bertz CT molecular complexity index is 663. The van der Waals surface area contributed by atoms with Gasteiger partial charge >= 0.3 is 0 Å². The van der Waals surface area contributed by atoms with E-state index in [1.165, 1.54) is 0 Å². The molecule has 0 bridgehead atoms. The molecule has 22 heavy (non-hydrogen) atoms. The molecule has 0 aliphatic heterocycles. The van der Waals surface area contributed by atoms with Crippen molar-refractivity contribution in [3.63, 3.8) is 0 Å². The van der Waals surface area contributed by atoms with E-state index in [0.29, 0.717) is 18.0 Å². The van der Waals surface area contributed by atoms with Crippen molar-refractivity contribution < 1.29 is 9.84 Å². The molecule has 0 aliphatic carbocycles. The molecule has 1 aromatic heterocycles. The van der Waals surface area contributed by atoms with Crippen LogP contribution in [0.1, 0.15) is 25.5 Å². The van der Waals surface area contributed by atoms with Crippen LogP contribution < -0.4 is 10.1 Å². The van der Waals surface area contributed by atoms with Gasteiger partial charge in [0.25, 0.3) is 0 Å². The Morgan fingerprint density at radius 1 is 1.50 bits per heavy atom. The zero-order chi connectivity index (χ0) is 15.9. The van der Waals surface area contributed by atoms with Crippen molar-refractivity contribution in [1.82, 2.24) is 10.3 Å².